The highest BCUT2D eigenvalue weighted by atomic mass is 16.5. The number of benzene rings is 1. The van der Waals surface area contributed by atoms with Crippen molar-refractivity contribution in [3.63, 3.8) is 0 Å². The number of aryl methyl sites for hydroxylation is 1. The molecule has 2 nitrogen and oxygen atoms in total. The molecule has 0 N–H and O–H groups in total. The van der Waals surface area contributed by atoms with Crippen molar-refractivity contribution in [3.8, 4) is 0 Å². The van der Waals surface area contributed by atoms with Gasteiger partial charge in [-0.1, -0.05) is 42.8 Å². The maximum absolute atomic E-state index is 11.6. The lowest BCUT2D eigenvalue weighted by molar-refractivity contribution is -0.144. The predicted molar refractivity (Wildman–Crippen MR) is 76.9 cm³/mol. The van der Waals surface area contributed by atoms with Crippen LogP contribution >= 0.6 is 0 Å². The average molecular weight is 258 g/mol. The Bertz CT molecular complexity index is 403. The number of carbonyl (C=O) groups excluding carboxylic acids is 1. The van der Waals surface area contributed by atoms with E-state index in [-0.39, 0.29) is 12.1 Å². The van der Waals surface area contributed by atoms with Crippen molar-refractivity contribution in [2.45, 2.75) is 51.0 Å². The molecule has 0 atom stereocenters. The van der Waals surface area contributed by atoms with E-state index >= 15 is 0 Å². The van der Waals surface area contributed by atoms with E-state index in [2.05, 4.69) is 12.1 Å². The van der Waals surface area contributed by atoms with Gasteiger partial charge in [0.1, 0.15) is 6.10 Å². The minimum Gasteiger partial charge on any atom is -0.459 e. The van der Waals surface area contributed by atoms with E-state index in [1.54, 1.807) is 6.08 Å². The van der Waals surface area contributed by atoms with Crippen LogP contribution in [0.4, 0.5) is 0 Å². The molecule has 1 aromatic rings. The summed E-state index contributed by atoms with van der Waals surface area (Å²) >= 11 is 0. The Morgan fingerprint density at radius 1 is 1.16 bits per heavy atom. The quantitative estimate of drug-likeness (QED) is 0.588. The Hall–Kier alpha value is -1.57. The molecule has 1 fully saturated rings. The molecule has 2 heteroatoms. The fourth-order valence-electron chi connectivity index (χ4n) is 2.46. The van der Waals surface area contributed by atoms with Crippen LogP contribution in [0.2, 0.25) is 0 Å². The van der Waals surface area contributed by atoms with Gasteiger partial charge in [-0.15, -0.1) is 0 Å². The van der Waals surface area contributed by atoms with Gasteiger partial charge >= 0.3 is 5.97 Å². The van der Waals surface area contributed by atoms with E-state index in [0.29, 0.717) is 0 Å². The average Bonchev–Trinajstić information content (AvgIpc) is 2.46. The van der Waals surface area contributed by atoms with Crippen LogP contribution in [0.15, 0.2) is 42.5 Å². The van der Waals surface area contributed by atoms with E-state index in [1.165, 1.54) is 24.8 Å². The summed E-state index contributed by atoms with van der Waals surface area (Å²) in [6, 6.07) is 10.3. The lowest BCUT2D eigenvalue weighted by atomic mass is 9.98. The number of hydrogen-bond donors (Lipinski definition) is 0. The van der Waals surface area contributed by atoms with Gasteiger partial charge in [0, 0.05) is 6.08 Å². The van der Waals surface area contributed by atoms with Crippen LogP contribution in [0, 0.1) is 0 Å². The molecule has 0 aromatic heterocycles. The number of carbonyl (C=O) groups is 1. The first-order valence-corrected chi connectivity index (χ1v) is 7.25. The zero-order valence-electron chi connectivity index (χ0n) is 11.4. The van der Waals surface area contributed by atoms with Crippen LogP contribution in [-0.2, 0) is 16.0 Å². The Morgan fingerprint density at radius 2 is 1.89 bits per heavy atom. The molecule has 1 aliphatic carbocycles. The Labute approximate surface area is 115 Å². The lowest BCUT2D eigenvalue weighted by Gasteiger charge is -2.20. The second kappa shape index (κ2) is 7.78. The first kappa shape index (κ1) is 13.9. The molecular formula is C17H22O2. The molecule has 0 heterocycles. The third-order valence-electron chi connectivity index (χ3n) is 3.53. The van der Waals surface area contributed by atoms with Crippen LogP contribution in [0.3, 0.4) is 0 Å². The van der Waals surface area contributed by atoms with E-state index < -0.39 is 0 Å². The number of esters is 1. The zero-order valence-corrected chi connectivity index (χ0v) is 11.4. The van der Waals surface area contributed by atoms with Crippen LogP contribution in [0.1, 0.15) is 44.1 Å². The number of ether oxygens (including phenoxy) is 1. The second-order valence-electron chi connectivity index (χ2n) is 5.12. The van der Waals surface area contributed by atoms with Gasteiger partial charge in [-0.05, 0) is 44.1 Å². The molecule has 0 aliphatic heterocycles. The lowest BCUT2D eigenvalue weighted by Crippen LogP contribution is -2.19. The number of rotatable bonds is 5. The van der Waals surface area contributed by atoms with Crippen molar-refractivity contribution < 1.29 is 9.53 Å². The molecule has 0 spiro atoms. The van der Waals surface area contributed by atoms with Gasteiger partial charge in [0.15, 0.2) is 0 Å². The topological polar surface area (TPSA) is 26.3 Å². The molecule has 0 radical (unpaired) electrons. The molecule has 1 saturated carbocycles. The third-order valence-corrected chi connectivity index (χ3v) is 3.53. The number of allylic oxidation sites excluding steroid dienone is 1. The molecule has 0 amide bonds. The summed E-state index contributed by atoms with van der Waals surface area (Å²) in [4.78, 5) is 11.6. The molecule has 0 bridgehead atoms. The fraction of sp³-hybridized carbons (Fsp3) is 0.471. The van der Waals surface area contributed by atoms with Crippen molar-refractivity contribution in [1.82, 2.24) is 0 Å². The first-order valence-electron chi connectivity index (χ1n) is 7.25. The standard InChI is InChI=1S/C17H22O2/c18-17(19-16-12-5-2-6-13-16)14-8-7-11-15-9-3-1-4-10-15/h1,3-4,8-10,14,16H,2,5-7,11-13H2/b14-8+. The monoisotopic (exact) mass is 258 g/mol. The van der Waals surface area contributed by atoms with E-state index in [4.69, 9.17) is 4.74 Å². The van der Waals surface area contributed by atoms with Gasteiger partial charge in [-0.2, -0.15) is 0 Å². The van der Waals surface area contributed by atoms with Crippen LogP contribution in [0.5, 0.6) is 0 Å². The summed E-state index contributed by atoms with van der Waals surface area (Å²) in [6.07, 6.45) is 11.2. The van der Waals surface area contributed by atoms with Crippen molar-refractivity contribution >= 4 is 5.97 Å². The second-order valence-corrected chi connectivity index (χ2v) is 5.12. The smallest absolute Gasteiger partial charge is 0.330 e. The molecule has 2 rings (SSSR count). The van der Waals surface area contributed by atoms with Gasteiger partial charge in [0.05, 0.1) is 0 Å². The van der Waals surface area contributed by atoms with Gasteiger partial charge in [-0.25, -0.2) is 4.79 Å². The summed E-state index contributed by atoms with van der Waals surface area (Å²) in [5.41, 5.74) is 1.30. The number of hydrogen-bond acceptors (Lipinski definition) is 2. The first-order chi connectivity index (χ1) is 9.34. The minimum atomic E-state index is -0.181. The van der Waals surface area contributed by atoms with E-state index in [0.717, 1.165) is 25.7 Å². The maximum Gasteiger partial charge on any atom is 0.330 e. The summed E-state index contributed by atoms with van der Waals surface area (Å²) < 4.78 is 5.42. The Morgan fingerprint density at radius 3 is 2.63 bits per heavy atom. The molecule has 1 aromatic carbocycles. The Kier molecular flexibility index (Phi) is 5.67. The van der Waals surface area contributed by atoms with Crippen molar-refractivity contribution in [2.75, 3.05) is 0 Å². The van der Waals surface area contributed by atoms with E-state index in [9.17, 15) is 4.79 Å². The van der Waals surface area contributed by atoms with Crippen molar-refractivity contribution in [3.05, 3.63) is 48.0 Å². The van der Waals surface area contributed by atoms with E-state index in [1.807, 2.05) is 24.3 Å². The molecule has 0 unspecified atom stereocenters. The minimum absolute atomic E-state index is 0.153. The zero-order chi connectivity index (χ0) is 13.3. The molecule has 19 heavy (non-hydrogen) atoms. The van der Waals surface area contributed by atoms with Crippen LogP contribution in [-0.4, -0.2) is 12.1 Å². The highest BCUT2D eigenvalue weighted by Gasteiger charge is 2.15. The van der Waals surface area contributed by atoms with Gasteiger partial charge in [-0.3, -0.25) is 0 Å². The summed E-state index contributed by atoms with van der Waals surface area (Å²) in [5, 5.41) is 0. The summed E-state index contributed by atoms with van der Waals surface area (Å²) in [7, 11) is 0. The summed E-state index contributed by atoms with van der Waals surface area (Å²) in [6.45, 7) is 0. The third kappa shape index (κ3) is 5.29. The molecule has 102 valence electrons. The molecule has 1 aliphatic rings. The van der Waals surface area contributed by atoms with Gasteiger partial charge in [0.25, 0.3) is 0 Å². The summed E-state index contributed by atoms with van der Waals surface area (Å²) in [5.74, 6) is -0.181. The molecular weight excluding hydrogens is 236 g/mol. The molecule has 0 saturated heterocycles. The van der Waals surface area contributed by atoms with Gasteiger partial charge < -0.3 is 4.74 Å². The highest BCUT2D eigenvalue weighted by molar-refractivity contribution is 5.82. The Balaban J connectivity index is 1.65. The van der Waals surface area contributed by atoms with Crippen LogP contribution in [0.25, 0.3) is 0 Å². The SMILES string of the molecule is O=C(/C=C/CCc1ccccc1)OC1CCCCC1. The maximum atomic E-state index is 11.6. The van der Waals surface area contributed by atoms with Crippen LogP contribution < -0.4 is 0 Å². The normalized spacial score (nSPS) is 16.6. The highest BCUT2D eigenvalue weighted by Crippen LogP contribution is 2.20. The van der Waals surface area contributed by atoms with Crippen molar-refractivity contribution in [2.24, 2.45) is 0 Å². The van der Waals surface area contributed by atoms with Gasteiger partial charge in [0.2, 0.25) is 0 Å². The predicted octanol–water partition coefficient (Wildman–Crippen LogP) is 4.05. The fourth-order valence-corrected chi connectivity index (χ4v) is 2.46. The largest absolute Gasteiger partial charge is 0.459 e. The van der Waals surface area contributed by atoms with Crippen molar-refractivity contribution in [1.29, 1.82) is 0 Å².